The van der Waals surface area contributed by atoms with Crippen LogP contribution in [0.3, 0.4) is 0 Å². The van der Waals surface area contributed by atoms with Crippen LogP contribution in [0, 0.1) is 5.41 Å². The van der Waals surface area contributed by atoms with E-state index in [2.05, 4.69) is 9.29 Å². The molecule has 0 fully saturated rings. The predicted octanol–water partition coefficient (Wildman–Crippen LogP) is 6.90. The second-order valence-corrected chi connectivity index (χ2v) is 13.8. The molecule has 0 aliphatic heterocycles. The van der Waals surface area contributed by atoms with Crippen LogP contribution in [0.4, 0.5) is 5.69 Å². The van der Waals surface area contributed by atoms with Crippen LogP contribution in [0.2, 0.25) is 0 Å². The number of imidazole rings is 1. The van der Waals surface area contributed by atoms with Crippen molar-refractivity contribution in [1.29, 1.82) is 0 Å². The number of pyridine rings is 1. The summed E-state index contributed by atoms with van der Waals surface area (Å²) in [5.41, 5.74) is 5.79. The van der Waals surface area contributed by atoms with Gasteiger partial charge in [0.15, 0.2) is 0 Å². The quantitative estimate of drug-likeness (QED) is 0.159. The lowest BCUT2D eigenvalue weighted by Crippen LogP contribution is -2.27. The first-order valence-corrected chi connectivity index (χ1v) is 16.7. The summed E-state index contributed by atoms with van der Waals surface area (Å²) in [4.78, 5) is 21.6. The summed E-state index contributed by atoms with van der Waals surface area (Å²) in [6.45, 7) is 4.21. The van der Waals surface area contributed by atoms with E-state index in [1.54, 1.807) is 26.0 Å². The second-order valence-electron chi connectivity index (χ2n) is 12.1. The van der Waals surface area contributed by atoms with Crippen molar-refractivity contribution < 1.29 is 23.1 Å². The molecule has 0 amide bonds. The van der Waals surface area contributed by atoms with Crippen LogP contribution in [0.25, 0.3) is 33.1 Å². The summed E-state index contributed by atoms with van der Waals surface area (Å²) in [5.74, 6) is 0.437. The van der Waals surface area contributed by atoms with Crippen LogP contribution in [0.15, 0.2) is 103 Å². The molecule has 0 atom stereocenters. The number of carboxylic acid groups (broad SMARTS) is 1. The molecule has 0 saturated carbocycles. The van der Waals surface area contributed by atoms with E-state index >= 15 is 0 Å². The summed E-state index contributed by atoms with van der Waals surface area (Å²) in [6.07, 6.45) is 1.37. The number of ether oxygens (including phenoxy) is 1. The third-order valence-corrected chi connectivity index (χ3v) is 8.44. The van der Waals surface area contributed by atoms with Gasteiger partial charge < -0.3 is 14.4 Å². The Hall–Kier alpha value is -5.22. The maximum atomic E-state index is 12.0. The molecule has 2 N–H and O–H groups in total. The van der Waals surface area contributed by atoms with E-state index in [0.717, 1.165) is 50.6 Å². The van der Waals surface area contributed by atoms with Gasteiger partial charge in [0, 0.05) is 30.1 Å². The van der Waals surface area contributed by atoms with Gasteiger partial charge in [-0.05, 0) is 66.9 Å². The van der Waals surface area contributed by atoms with Gasteiger partial charge in [0.2, 0.25) is 10.0 Å². The van der Waals surface area contributed by atoms with Gasteiger partial charge in [-0.15, -0.1) is 0 Å². The number of nitrogens with one attached hydrogen (secondary N) is 1. The number of para-hydroxylation sites is 1. The molecule has 46 heavy (non-hydrogen) atoms. The van der Waals surface area contributed by atoms with E-state index in [9.17, 15) is 18.3 Å². The summed E-state index contributed by atoms with van der Waals surface area (Å²) in [5, 5.41) is 10.9. The number of rotatable bonds is 11. The molecule has 2 aromatic heterocycles. The number of benzene rings is 4. The van der Waals surface area contributed by atoms with Crippen molar-refractivity contribution in [3.63, 3.8) is 0 Å². The van der Waals surface area contributed by atoms with E-state index in [4.69, 9.17) is 14.7 Å². The number of aliphatic carboxylic acids is 1. The van der Waals surface area contributed by atoms with Crippen molar-refractivity contribution in [2.24, 2.45) is 5.41 Å². The normalized spacial score (nSPS) is 12.0. The molecule has 0 spiro atoms. The molecule has 0 radical (unpaired) electrons. The molecule has 6 rings (SSSR count). The van der Waals surface area contributed by atoms with Gasteiger partial charge in [-0.1, -0.05) is 60.7 Å². The molecular formula is C36H34N4O5S. The molecule has 0 saturated heterocycles. The Kier molecular flexibility index (Phi) is 8.22. The Morgan fingerprint density at radius 3 is 2.26 bits per heavy atom. The van der Waals surface area contributed by atoms with Crippen LogP contribution < -0.4 is 9.46 Å². The largest absolute Gasteiger partial charge is 0.487 e. The molecule has 0 aliphatic rings. The van der Waals surface area contributed by atoms with Gasteiger partial charge in [-0.3, -0.25) is 9.52 Å². The molecule has 9 nitrogen and oxygen atoms in total. The number of hydrogen-bond donors (Lipinski definition) is 2. The Labute approximate surface area is 267 Å². The zero-order valence-corrected chi connectivity index (χ0v) is 26.6. The van der Waals surface area contributed by atoms with E-state index in [0.29, 0.717) is 30.4 Å². The smallest absolute Gasteiger partial charge is 0.309 e. The monoisotopic (exact) mass is 634 g/mol. The number of hydrogen-bond acceptors (Lipinski definition) is 6. The second kappa shape index (κ2) is 12.3. The van der Waals surface area contributed by atoms with Gasteiger partial charge in [-0.2, -0.15) is 0 Å². The zero-order valence-electron chi connectivity index (χ0n) is 25.8. The maximum absolute atomic E-state index is 12.0. The highest BCUT2D eigenvalue weighted by Crippen LogP contribution is 2.29. The molecule has 0 unspecified atom stereocenters. The summed E-state index contributed by atoms with van der Waals surface area (Å²) in [7, 11) is -3.34. The fraction of sp³-hybridized carbons (Fsp3) is 0.194. The van der Waals surface area contributed by atoms with Crippen molar-refractivity contribution in [3.8, 4) is 16.9 Å². The van der Waals surface area contributed by atoms with Gasteiger partial charge in [0.1, 0.15) is 18.2 Å². The average molecular weight is 635 g/mol. The standard InChI is InChI=1S/C36H34N4O5S/c1-36(2,35(41)42)21-34-38-32-20-30(45-23-29-17-14-27-6-4-5-7-31(27)37-29)18-19-33(32)40(34)22-24-8-10-25(11-9-24)26-12-15-28(16-13-26)39-46(3,43)44/h4-20,39H,21-23H2,1-3H3,(H,41,42). The van der Waals surface area contributed by atoms with Crippen molar-refractivity contribution in [2.75, 3.05) is 11.0 Å². The van der Waals surface area contributed by atoms with E-state index in [1.165, 1.54) is 0 Å². The van der Waals surface area contributed by atoms with Crippen molar-refractivity contribution in [1.82, 2.24) is 14.5 Å². The van der Waals surface area contributed by atoms with E-state index in [-0.39, 0.29) is 6.42 Å². The Morgan fingerprint density at radius 1 is 0.870 bits per heavy atom. The lowest BCUT2D eigenvalue weighted by Gasteiger charge is -2.19. The molecular weight excluding hydrogens is 600 g/mol. The molecule has 6 aromatic rings. The Balaban J connectivity index is 1.25. The Bertz CT molecular complexity index is 2160. The first kappa shape index (κ1) is 30.8. The van der Waals surface area contributed by atoms with Gasteiger partial charge in [0.05, 0.1) is 33.9 Å². The SMILES string of the molecule is CC(C)(Cc1nc2cc(OCc3ccc4ccccc4n3)ccc2n1Cc1ccc(-c2ccc(NS(C)(=O)=O)cc2)cc1)C(=O)O. The number of fused-ring (bicyclic) bond motifs is 2. The highest BCUT2D eigenvalue weighted by Gasteiger charge is 2.30. The first-order chi connectivity index (χ1) is 21.9. The van der Waals surface area contributed by atoms with Crippen LogP contribution >= 0.6 is 0 Å². The molecule has 10 heteroatoms. The minimum atomic E-state index is -3.34. The number of aromatic nitrogens is 3. The summed E-state index contributed by atoms with van der Waals surface area (Å²) in [6, 6.07) is 33.0. The maximum Gasteiger partial charge on any atom is 0.309 e. The van der Waals surface area contributed by atoms with Crippen LogP contribution in [0.5, 0.6) is 5.75 Å². The van der Waals surface area contributed by atoms with E-state index < -0.39 is 21.4 Å². The fourth-order valence-corrected chi connectivity index (χ4v) is 5.87. The predicted molar refractivity (Wildman–Crippen MR) is 180 cm³/mol. The van der Waals surface area contributed by atoms with Gasteiger partial charge >= 0.3 is 5.97 Å². The number of nitrogens with zero attached hydrogens (tertiary/aromatic N) is 3. The first-order valence-electron chi connectivity index (χ1n) is 14.8. The average Bonchev–Trinajstić information content (AvgIpc) is 3.34. The van der Waals surface area contributed by atoms with Crippen LogP contribution in [-0.2, 0) is 34.4 Å². The van der Waals surface area contributed by atoms with E-state index in [1.807, 2.05) is 91.0 Å². The van der Waals surface area contributed by atoms with Crippen molar-refractivity contribution in [3.05, 3.63) is 120 Å². The fourth-order valence-electron chi connectivity index (χ4n) is 5.31. The topological polar surface area (TPSA) is 123 Å². The summed E-state index contributed by atoms with van der Waals surface area (Å²) < 4.78 is 33.7. The lowest BCUT2D eigenvalue weighted by atomic mass is 9.89. The van der Waals surface area contributed by atoms with Crippen LogP contribution in [0.1, 0.15) is 30.9 Å². The minimum Gasteiger partial charge on any atom is -0.487 e. The lowest BCUT2D eigenvalue weighted by molar-refractivity contribution is -0.146. The van der Waals surface area contributed by atoms with Crippen molar-refractivity contribution in [2.45, 2.75) is 33.4 Å². The van der Waals surface area contributed by atoms with Gasteiger partial charge in [0.25, 0.3) is 0 Å². The summed E-state index contributed by atoms with van der Waals surface area (Å²) >= 11 is 0. The van der Waals surface area contributed by atoms with Crippen molar-refractivity contribution >= 4 is 43.6 Å². The third kappa shape index (κ3) is 7.02. The number of sulfonamides is 1. The number of anilines is 1. The molecule has 0 bridgehead atoms. The highest BCUT2D eigenvalue weighted by molar-refractivity contribution is 7.92. The van der Waals surface area contributed by atoms with Crippen LogP contribution in [-0.4, -0.2) is 40.3 Å². The molecule has 4 aromatic carbocycles. The number of carboxylic acids is 1. The molecule has 2 heterocycles. The molecule has 0 aliphatic carbocycles. The highest BCUT2D eigenvalue weighted by atomic mass is 32.2. The third-order valence-electron chi connectivity index (χ3n) is 7.84. The number of carbonyl (C=O) groups is 1. The molecule has 234 valence electrons. The Morgan fingerprint density at radius 2 is 1.57 bits per heavy atom. The zero-order chi connectivity index (χ0) is 32.5. The van der Waals surface area contributed by atoms with Gasteiger partial charge in [-0.25, -0.2) is 18.4 Å². The minimum absolute atomic E-state index is 0.250.